The van der Waals surface area contributed by atoms with Crippen LogP contribution in [-0.2, 0) is 0 Å². The van der Waals surface area contributed by atoms with Gasteiger partial charge in [-0.05, 0) is 37.3 Å². The average molecular weight is 246 g/mol. The van der Waals surface area contributed by atoms with Crippen LogP contribution in [-0.4, -0.2) is 16.5 Å². The predicted molar refractivity (Wildman–Crippen MR) is 68.0 cm³/mol. The lowest BCUT2D eigenvalue weighted by Crippen LogP contribution is -2.45. The van der Waals surface area contributed by atoms with Crippen LogP contribution >= 0.6 is 0 Å². The summed E-state index contributed by atoms with van der Waals surface area (Å²) in [4.78, 5) is 12.2. The first-order valence-corrected chi connectivity index (χ1v) is 6.63. The maximum Gasteiger partial charge on any atom is 0.170 e. The van der Waals surface area contributed by atoms with Gasteiger partial charge in [-0.3, -0.25) is 4.79 Å². The molecule has 3 rings (SSSR count). The Morgan fingerprint density at radius 1 is 1.44 bits per heavy atom. The van der Waals surface area contributed by atoms with E-state index in [0.29, 0.717) is 23.7 Å². The Balaban J connectivity index is 1.97. The molecule has 1 spiro atoms. The van der Waals surface area contributed by atoms with Gasteiger partial charge in [-0.25, -0.2) is 0 Å². The van der Waals surface area contributed by atoms with Crippen LogP contribution in [0.4, 0.5) is 0 Å². The molecule has 1 aromatic carbocycles. The molecule has 2 aliphatic rings. The van der Waals surface area contributed by atoms with Gasteiger partial charge in [0.15, 0.2) is 5.78 Å². The van der Waals surface area contributed by atoms with Crippen molar-refractivity contribution in [3.8, 4) is 11.5 Å². The van der Waals surface area contributed by atoms with Crippen molar-refractivity contribution in [3.05, 3.63) is 23.8 Å². The normalized spacial score (nSPS) is 30.9. The molecule has 1 aliphatic carbocycles. The number of carbonyl (C=O) groups is 1. The minimum Gasteiger partial charge on any atom is -0.508 e. The minimum absolute atomic E-state index is 0.144. The number of hydrogen-bond acceptors (Lipinski definition) is 3. The first-order valence-electron chi connectivity index (χ1n) is 6.63. The number of carbonyl (C=O) groups excluding carboxylic acids is 1. The Kier molecular flexibility index (Phi) is 2.58. The van der Waals surface area contributed by atoms with Crippen LogP contribution in [0.3, 0.4) is 0 Å². The molecule has 96 valence electrons. The van der Waals surface area contributed by atoms with Crippen LogP contribution in [0, 0.1) is 5.92 Å². The number of hydrogen-bond donors (Lipinski definition) is 1. The van der Waals surface area contributed by atoms with Gasteiger partial charge in [-0.2, -0.15) is 0 Å². The van der Waals surface area contributed by atoms with Crippen molar-refractivity contribution < 1.29 is 14.6 Å². The monoisotopic (exact) mass is 246 g/mol. The van der Waals surface area contributed by atoms with Gasteiger partial charge in [0.25, 0.3) is 0 Å². The van der Waals surface area contributed by atoms with Gasteiger partial charge >= 0.3 is 0 Å². The molecule has 1 N–H and O–H groups in total. The standard InChI is InChI=1S/C15H18O3/c1-10-3-2-6-15(8-10)9-13(17)12-5-4-11(16)7-14(12)18-15/h4-5,7,10,16H,2-3,6,8-9H2,1H3/t10-,15-/m0/s1. The fraction of sp³-hybridized carbons (Fsp3) is 0.533. The molecule has 0 saturated heterocycles. The number of phenolic OH excluding ortho intramolecular Hbond substituents is 1. The van der Waals surface area contributed by atoms with Crippen molar-refractivity contribution in [1.82, 2.24) is 0 Å². The molecular weight excluding hydrogens is 228 g/mol. The van der Waals surface area contributed by atoms with E-state index in [-0.39, 0.29) is 17.1 Å². The number of rotatable bonds is 0. The van der Waals surface area contributed by atoms with Crippen LogP contribution in [0.1, 0.15) is 49.4 Å². The maximum atomic E-state index is 12.2. The molecule has 0 radical (unpaired) electrons. The highest BCUT2D eigenvalue weighted by Crippen LogP contribution is 2.44. The number of ketones is 1. The van der Waals surface area contributed by atoms with E-state index in [9.17, 15) is 9.90 Å². The highest BCUT2D eigenvalue weighted by molar-refractivity contribution is 6.00. The van der Waals surface area contributed by atoms with Gasteiger partial charge in [-0.15, -0.1) is 0 Å². The van der Waals surface area contributed by atoms with Crippen molar-refractivity contribution in [2.75, 3.05) is 0 Å². The Morgan fingerprint density at radius 2 is 2.28 bits per heavy atom. The summed E-state index contributed by atoms with van der Waals surface area (Å²) in [6.07, 6.45) is 4.69. The molecule has 1 saturated carbocycles. The molecule has 0 bridgehead atoms. The van der Waals surface area contributed by atoms with Crippen LogP contribution in [0.15, 0.2) is 18.2 Å². The smallest absolute Gasteiger partial charge is 0.170 e. The molecule has 2 atom stereocenters. The second-order valence-corrected chi connectivity index (χ2v) is 5.77. The summed E-state index contributed by atoms with van der Waals surface area (Å²) in [6.45, 7) is 2.22. The molecular formula is C15H18O3. The van der Waals surface area contributed by atoms with E-state index in [4.69, 9.17) is 4.74 Å². The maximum absolute atomic E-state index is 12.2. The zero-order valence-corrected chi connectivity index (χ0v) is 10.6. The topological polar surface area (TPSA) is 46.5 Å². The molecule has 1 aliphatic heterocycles. The Labute approximate surface area is 107 Å². The second-order valence-electron chi connectivity index (χ2n) is 5.77. The molecule has 0 unspecified atom stereocenters. The third kappa shape index (κ3) is 1.88. The summed E-state index contributed by atoms with van der Waals surface area (Å²) in [7, 11) is 0. The molecule has 1 fully saturated rings. The van der Waals surface area contributed by atoms with Crippen LogP contribution < -0.4 is 4.74 Å². The van der Waals surface area contributed by atoms with E-state index in [1.54, 1.807) is 18.2 Å². The largest absolute Gasteiger partial charge is 0.508 e. The summed E-state index contributed by atoms with van der Waals surface area (Å²) in [6, 6.07) is 4.76. The number of Topliss-reactive ketones (excluding diaryl/α,β-unsaturated/α-hetero) is 1. The Bertz CT molecular complexity index is 495. The van der Waals surface area contributed by atoms with Crippen LogP contribution in [0.2, 0.25) is 0 Å². The zero-order valence-electron chi connectivity index (χ0n) is 10.6. The first kappa shape index (κ1) is 11.6. The third-order valence-corrected chi connectivity index (χ3v) is 4.12. The summed E-state index contributed by atoms with van der Waals surface area (Å²) in [5.41, 5.74) is 0.284. The third-order valence-electron chi connectivity index (χ3n) is 4.12. The summed E-state index contributed by atoms with van der Waals surface area (Å²) >= 11 is 0. The van der Waals surface area contributed by atoms with Crippen molar-refractivity contribution in [3.63, 3.8) is 0 Å². The van der Waals surface area contributed by atoms with Gasteiger partial charge < -0.3 is 9.84 Å². The minimum atomic E-state index is -0.324. The predicted octanol–water partition coefficient (Wildman–Crippen LogP) is 3.31. The number of benzene rings is 1. The van der Waals surface area contributed by atoms with Crippen LogP contribution in [0.5, 0.6) is 11.5 Å². The zero-order chi connectivity index (χ0) is 12.8. The molecule has 18 heavy (non-hydrogen) atoms. The lowest BCUT2D eigenvalue weighted by atomic mass is 9.74. The van der Waals surface area contributed by atoms with Gasteiger partial charge in [-0.1, -0.05) is 13.3 Å². The lowest BCUT2D eigenvalue weighted by molar-refractivity contribution is -0.000930. The molecule has 3 heteroatoms. The van der Waals surface area contributed by atoms with E-state index in [1.807, 2.05) is 0 Å². The number of phenols is 1. The number of aromatic hydroxyl groups is 1. The first-order chi connectivity index (χ1) is 8.58. The SMILES string of the molecule is C[C@H]1CCC[C@@]2(CC(=O)c3ccc(O)cc3O2)C1. The van der Waals surface area contributed by atoms with Crippen molar-refractivity contribution in [2.45, 2.75) is 44.6 Å². The van der Waals surface area contributed by atoms with Crippen molar-refractivity contribution >= 4 is 5.78 Å². The fourth-order valence-corrected chi connectivity index (χ4v) is 3.35. The van der Waals surface area contributed by atoms with Crippen LogP contribution in [0.25, 0.3) is 0 Å². The fourth-order valence-electron chi connectivity index (χ4n) is 3.35. The van der Waals surface area contributed by atoms with Crippen molar-refractivity contribution in [2.24, 2.45) is 5.92 Å². The Hall–Kier alpha value is -1.51. The van der Waals surface area contributed by atoms with E-state index in [2.05, 4.69) is 6.92 Å². The van der Waals surface area contributed by atoms with E-state index >= 15 is 0 Å². The van der Waals surface area contributed by atoms with E-state index in [0.717, 1.165) is 19.3 Å². The molecule has 1 heterocycles. The molecule has 0 amide bonds. The van der Waals surface area contributed by atoms with Gasteiger partial charge in [0.2, 0.25) is 0 Å². The average Bonchev–Trinajstić information content (AvgIpc) is 2.27. The van der Waals surface area contributed by atoms with Gasteiger partial charge in [0, 0.05) is 6.07 Å². The number of fused-ring (bicyclic) bond motifs is 1. The van der Waals surface area contributed by atoms with E-state index < -0.39 is 0 Å². The quantitative estimate of drug-likeness (QED) is 0.764. The highest BCUT2D eigenvalue weighted by atomic mass is 16.5. The molecule has 1 aromatic rings. The molecule has 0 aromatic heterocycles. The molecule has 3 nitrogen and oxygen atoms in total. The van der Waals surface area contributed by atoms with Crippen molar-refractivity contribution in [1.29, 1.82) is 0 Å². The Morgan fingerprint density at radius 3 is 3.06 bits per heavy atom. The lowest BCUT2D eigenvalue weighted by Gasteiger charge is -2.42. The van der Waals surface area contributed by atoms with Gasteiger partial charge in [0.05, 0.1) is 12.0 Å². The highest BCUT2D eigenvalue weighted by Gasteiger charge is 2.43. The van der Waals surface area contributed by atoms with Gasteiger partial charge in [0.1, 0.15) is 17.1 Å². The van der Waals surface area contributed by atoms with E-state index in [1.165, 1.54) is 6.42 Å². The summed E-state index contributed by atoms with van der Waals surface area (Å²) in [5, 5.41) is 9.52. The summed E-state index contributed by atoms with van der Waals surface area (Å²) < 4.78 is 6.10. The second kappa shape index (κ2) is 4.01. The number of ether oxygens (including phenoxy) is 1. The summed E-state index contributed by atoms with van der Waals surface area (Å²) in [5.74, 6) is 1.46.